The highest BCUT2D eigenvalue weighted by Gasteiger charge is 2.74. The third-order valence-corrected chi connectivity index (χ3v) is 7.93. The zero-order valence-corrected chi connectivity index (χ0v) is 18.2. The summed E-state index contributed by atoms with van der Waals surface area (Å²) in [6.45, 7) is 3.56. The number of carbonyl (C=O) groups is 3. The van der Waals surface area contributed by atoms with Gasteiger partial charge in [0.05, 0.1) is 17.5 Å². The Kier molecular flexibility index (Phi) is 3.68. The molecule has 7 rings (SSSR count). The molecule has 0 aromatic heterocycles. The van der Waals surface area contributed by atoms with E-state index in [0.29, 0.717) is 36.9 Å². The number of fused-ring (bicyclic) bond motifs is 8. The lowest BCUT2D eigenvalue weighted by atomic mass is 9.75. The molecule has 1 N–H and O–H groups in total. The molecule has 2 aromatic carbocycles. The molecule has 33 heavy (non-hydrogen) atoms. The van der Waals surface area contributed by atoms with E-state index in [-0.39, 0.29) is 23.8 Å². The van der Waals surface area contributed by atoms with E-state index < -0.39 is 17.4 Å². The molecule has 168 valence electrons. The fourth-order valence-corrected chi connectivity index (χ4v) is 6.74. The molecular formula is C25H23N3O5. The standard InChI is InChI=1S/C25H23N3O5/c1-13-4-6-16-15(11-13)25(24(31)26-16)21-20(17-3-2-8-27(17)25)22(29)28(23(21)30)14-5-7-18-19(12-14)33-10-9-32-18/h4-7,11-12,17,20-21H,2-3,8-10H2,1H3,(H,26,31)/t17-,20-,21+,25-/m1/s1. The number of hydrogen-bond acceptors (Lipinski definition) is 6. The van der Waals surface area contributed by atoms with E-state index in [2.05, 4.69) is 10.2 Å². The number of carbonyl (C=O) groups excluding carboxylic acids is 3. The highest BCUT2D eigenvalue weighted by molar-refractivity contribution is 6.26. The second-order valence-electron chi connectivity index (χ2n) is 9.52. The number of nitrogens with one attached hydrogen (secondary N) is 1. The molecule has 3 fully saturated rings. The van der Waals surface area contributed by atoms with E-state index in [1.54, 1.807) is 18.2 Å². The summed E-state index contributed by atoms with van der Waals surface area (Å²) in [5, 5.41) is 3.01. The van der Waals surface area contributed by atoms with Crippen molar-refractivity contribution in [2.24, 2.45) is 11.8 Å². The Morgan fingerprint density at radius 1 is 1.00 bits per heavy atom. The summed E-state index contributed by atoms with van der Waals surface area (Å²) in [5.74, 6) is -0.940. The van der Waals surface area contributed by atoms with Crippen LogP contribution in [0.1, 0.15) is 24.0 Å². The van der Waals surface area contributed by atoms with Crippen molar-refractivity contribution in [1.82, 2.24) is 4.90 Å². The Hall–Kier alpha value is -3.39. The molecule has 2 aromatic rings. The Morgan fingerprint density at radius 2 is 1.82 bits per heavy atom. The number of amides is 3. The second-order valence-corrected chi connectivity index (χ2v) is 9.52. The summed E-state index contributed by atoms with van der Waals surface area (Å²) in [7, 11) is 0. The maximum Gasteiger partial charge on any atom is 0.250 e. The van der Waals surface area contributed by atoms with Crippen molar-refractivity contribution >= 4 is 29.1 Å². The normalized spacial score (nSPS) is 31.7. The van der Waals surface area contributed by atoms with Crippen molar-refractivity contribution in [3.63, 3.8) is 0 Å². The van der Waals surface area contributed by atoms with Crippen LogP contribution in [0.15, 0.2) is 36.4 Å². The number of hydrogen-bond donors (Lipinski definition) is 1. The van der Waals surface area contributed by atoms with Crippen LogP contribution in [-0.4, -0.2) is 48.4 Å². The van der Waals surface area contributed by atoms with E-state index >= 15 is 0 Å². The first-order chi connectivity index (χ1) is 16.0. The highest BCUT2D eigenvalue weighted by Crippen LogP contribution is 2.60. The van der Waals surface area contributed by atoms with Crippen molar-refractivity contribution in [3.8, 4) is 11.5 Å². The van der Waals surface area contributed by atoms with E-state index in [9.17, 15) is 14.4 Å². The van der Waals surface area contributed by atoms with Gasteiger partial charge in [-0.2, -0.15) is 0 Å². The van der Waals surface area contributed by atoms with Gasteiger partial charge in [-0.05, 0) is 44.5 Å². The topological polar surface area (TPSA) is 88.2 Å². The molecule has 1 spiro atoms. The molecule has 5 heterocycles. The monoisotopic (exact) mass is 445 g/mol. The average molecular weight is 445 g/mol. The van der Waals surface area contributed by atoms with Gasteiger partial charge < -0.3 is 14.8 Å². The smallest absolute Gasteiger partial charge is 0.250 e. The van der Waals surface area contributed by atoms with Gasteiger partial charge in [0.1, 0.15) is 18.8 Å². The molecule has 0 unspecified atom stereocenters. The van der Waals surface area contributed by atoms with Crippen LogP contribution in [0.25, 0.3) is 0 Å². The minimum atomic E-state index is -1.15. The van der Waals surface area contributed by atoms with E-state index in [1.807, 2.05) is 25.1 Å². The highest BCUT2D eigenvalue weighted by atomic mass is 16.6. The maximum absolute atomic E-state index is 14.0. The van der Waals surface area contributed by atoms with Crippen LogP contribution in [0.3, 0.4) is 0 Å². The van der Waals surface area contributed by atoms with Gasteiger partial charge in [-0.3, -0.25) is 19.3 Å². The molecular weight excluding hydrogens is 422 g/mol. The summed E-state index contributed by atoms with van der Waals surface area (Å²) in [5.41, 5.74) is 1.88. The number of nitrogens with zero attached hydrogens (tertiary/aromatic N) is 2. The van der Waals surface area contributed by atoms with Crippen molar-refractivity contribution in [2.75, 3.05) is 30.0 Å². The van der Waals surface area contributed by atoms with Crippen LogP contribution in [-0.2, 0) is 19.9 Å². The number of rotatable bonds is 1. The minimum absolute atomic E-state index is 0.133. The van der Waals surface area contributed by atoms with Crippen LogP contribution in [0, 0.1) is 18.8 Å². The Morgan fingerprint density at radius 3 is 2.67 bits per heavy atom. The average Bonchev–Trinajstić information content (AvgIpc) is 3.52. The first-order valence-electron chi connectivity index (χ1n) is 11.5. The van der Waals surface area contributed by atoms with Gasteiger partial charge >= 0.3 is 0 Å². The van der Waals surface area contributed by atoms with Gasteiger partial charge in [0.25, 0.3) is 0 Å². The lowest BCUT2D eigenvalue weighted by Crippen LogP contribution is -2.54. The molecule has 0 saturated carbocycles. The second kappa shape index (κ2) is 6.35. The Labute approximate surface area is 190 Å². The molecule has 0 bridgehead atoms. The molecule has 4 atom stereocenters. The predicted molar refractivity (Wildman–Crippen MR) is 118 cm³/mol. The molecule has 5 aliphatic heterocycles. The molecule has 8 nitrogen and oxygen atoms in total. The first-order valence-corrected chi connectivity index (χ1v) is 11.5. The van der Waals surface area contributed by atoms with Gasteiger partial charge in [-0.25, -0.2) is 4.90 Å². The molecule has 5 aliphatic rings. The van der Waals surface area contributed by atoms with Crippen molar-refractivity contribution in [3.05, 3.63) is 47.5 Å². The third-order valence-electron chi connectivity index (χ3n) is 7.93. The summed E-state index contributed by atoms with van der Waals surface area (Å²) in [6.07, 6.45) is 1.70. The predicted octanol–water partition coefficient (Wildman–Crippen LogP) is 2.20. The zero-order chi connectivity index (χ0) is 22.5. The van der Waals surface area contributed by atoms with Crippen LogP contribution in [0.2, 0.25) is 0 Å². The minimum Gasteiger partial charge on any atom is -0.486 e. The van der Waals surface area contributed by atoms with Gasteiger partial charge in [-0.1, -0.05) is 17.7 Å². The zero-order valence-electron chi connectivity index (χ0n) is 18.2. The summed E-state index contributed by atoms with van der Waals surface area (Å²) >= 11 is 0. The first kappa shape index (κ1) is 19.1. The molecule has 3 saturated heterocycles. The van der Waals surface area contributed by atoms with Crippen molar-refractivity contribution in [1.29, 1.82) is 0 Å². The molecule has 0 aliphatic carbocycles. The Bertz CT molecular complexity index is 1260. The largest absolute Gasteiger partial charge is 0.486 e. The molecule has 0 radical (unpaired) electrons. The number of benzene rings is 2. The third kappa shape index (κ3) is 2.22. The number of anilines is 2. The summed E-state index contributed by atoms with van der Waals surface area (Å²) in [6, 6.07) is 10.9. The van der Waals surface area contributed by atoms with Gasteiger partial charge in [0.15, 0.2) is 11.5 Å². The van der Waals surface area contributed by atoms with Gasteiger partial charge in [0.2, 0.25) is 17.7 Å². The van der Waals surface area contributed by atoms with Crippen LogP contribution >= 0.6 is 0 Å². The fourth-order valence-electron chi connectivity index (χ4n) is 6.74. The number of ether oxygens (including phenoxy) is 2. The maximum atomic E-state index is 14.0. The van der Waals surface area contributed by atoms with E-state index in [0.717, 1.165) is 29.7 Å². The van der Waals surface area contributed by atoms with Crippen molar-refractivity contribution in [2.45, 2.75) is 31.3 Å². The van der Waals surface area contributed by atoms with Gasteiger partial charge in [-0.15, -0.1) is 0 Å². The van der Waals surface area contributed by atoms with Crippen molar-refractivity contribution < 1.29 is 23.9 Å². The Balaban J connectivity index is 1.39. The molecule has 3 amide bonds. The van der Waals surface area contributed by atoms with Gasteiger partial charge in [0, 0.05) is 23.4 Å². The number of aryl methyl sites for hydroxylation is 1. The van der Waals surface area contributed by atoms with Crippen LogP contribution in [0.4, 0.5) is 11.4 Å². The quantitative estimate of drug-likeness (QED) is 0.677. The lowest BCUT2D eigenvalue weighted by Gasteiger charge is -2.36. The molecule has 8 heteroatoms. The van der Waals surface area contributed by atoms with E-state index in [4.69, 9.17) is 9.47 Å². The van der Waals surface area contributed by atoms with Crippen LogP contribution in [0.5, 0.6) is 11.5 Å². The fraction of sp³-hybridized carbons (Fsp3) is 0.400. The van der Waals surface area contributed by atoms with E-state index in [1.165, 1.54) is 4.90 Å². The summed E-state index contributed by atoms with van der Waals surface area (Å²) < 4.78 is 11.3. The lowest BCUT2D eigenvalue weighted by molar-refractivity contribution is -0.135. The van der Waals surface area contributed by atoms with Crippen LogP contribution < -0.4 is 19.7 Å². The SMILES string of the molecule is Cc1ccc2c(c1)[C@]1(C(=O)N2)[C@@H]2C(=O)N(c3ccc4c(c3)OCCO4)C(=O)[C@@H]2[C@H]2CCCN21. The summed E-state index contributed by atoms with van der Waals surface area (Å²) in [4.78, 5) is 44.9. The number of imide groups is 1.